The Labute approximate surface area is 151 Å². The van der Waals surface area contributed by atoms with E-state index >= 15 is 0 Å². The van der Waals surface area contributed by atoms with Crippen LogP contribution in [-0.2, 0) is 9.59 Å². The number of benzene rings is 1. The highest BCUT2D eigenvalue weighted by molar-refractivity contribution is 8.15. The molecule has 1 saturated heterocycles. The third kappa shape index (κ3) is 4.49. The highest BCUT2D eigenvalue weighted by Crippen LogP contribution is 2.24. The summed E-state index contributed by atoms with van der Waals surface area (Å²) < 4.78 is 5.63. The first-order valence-corrected chi connectivity index (χ1v) is 8.41. The zero-order valence-corrected chi connectivity index (χ0v) is 14.2. The summed E-state index contributed by atoms with van der Waals surface area (Å²) >= 11 is 6.85. The van der Waals surface area contributed by atoms with Gasteiger partial charge in [0.1, 0.15) is 11.5 Å². The summed E-state index contributed by atoms with van der Waals surface area (Å²) in [5.41, 5.74) is 0.874. The van der Waals surface area contributed by atoms with Crippen LogP contribution in [0.2, 0.25) is 5.02 Å². The number of halogens is 1. The lowest BCUT2D eigenvalue weighted by atomic mass is 10.2. The predicted molar refractivity (Wildman–Crippen MR) is 93.3 cm³/mol. The zero-order valence-electron chi connectivity index (χ0n) is 12.6. The van der Waals surface area contributed by atoms with Crippen molar-refractivity contribution in [2.45, 2.75) is 11.7 Å². The van der Waals surface area contributed by atoms with E-state index < -0.39 is 17.1 Å². The molecule has 1 aliphatic heterocycles. The van der Waals surface area contributed by atoms with Crippen molar-refractivity contribution in [1.82, 2.24) is 5.32 Å². The lowest BCUT2D eigenvalue weighted by Crippen LogP contribution is -2.31. The minimum Gasteiger partial charge on any atom is -0.550 e. The molecule has 25 heavy (non-hydrogen) atoms. The van der Waals surface area contributed by atoms with Crippen LogP contribution in [0, 0.1) is 0 Å². The standard InChI is InChI=1S/C16H12ClN3O4S/c17-10-3-1-9(2-4-10)12-6-5-11(24-12)8-18-20-16-19-15(23)13(25-16)7-14(21)22/h1-6,8,13H,7H2,(H,21,22)(H,19,20,23)/p-1/b18-8-/t13-/m0/s1. The minimum absolute atomic E-state index is 0.233. The van der Waals surface area contributed by atoms with E-state index in [2.05, 4.69) is 15.5 Å². The van der Waals surface area contributed by atoms with Crippen LogP contribution in [-0.4, -0.2) is 28.5 Å². The molecule has 1 N–H and O–H groups in total. The fourth-order valence-corrected chi connectivity index (χ4v) is 3.10. The van der Waals surface area contributed by atoms with E-state index in [0.717, 1.165) is 17.3 Å². The molecule has 0 radical (unpaired) electrons. The van der Waals surface area contributed by atoms with Crippen LogP contribution < -0.4 is 10.4 Å². The minimum atomic E-state index is -1.29. The van der Waals surface area contributed by atoms with Gasteiger partial charge in [0.2, 0.25) is 5.91 Å². The second-order valence-electron chi connectivity index (χ2n) is 5.03. The Morgan fingerprint density at radius 1 is 1.32 bits per heavy atom. The number of carboxylic acid groups (broad SMARTS) is 1. The van der Waals surface area contributed by atoms with Crippen molar-refractivity contribution >= 4 is 46.6 Å². The lowest BCUT2D eigenvalue weighted by molar-refractivity contribution is -0.305. The summed E-state index contributed by atoms with van der Waals surface area (Å²) in [7, 11) is 0. The summed E-state index contributed by atoms with van der Waals surface area (Å²) in [6, 6.07) is 10.7. The van der Waals surface area contributed by atoms with E-state index in [9.17, 15) is 14.7 Å². The molecule has 1 atom stereocenters. The molecule has 0 saturated carbocycles. The van der Waals surface area contributed by atoms with E-state index in [1.807, 2.05) is 12.1 Å². The van der Waals surface area contributed by atoms with Crippen LogP contribution in [0.1, 0.15) is 12.2 Å². The summed E-state index contributed by atoms with van der Waals surface area (Å²) in [4.78, 5) is 22.1. The van der Waals surface area contributed by atoms with Crippen molar-refractivity contribution in [2.75, 3.05) is 0 Å². The Morgan fingerprint density at radius 2 is 2.08 bits per heavy atom. The number of amides is 1. The Hall–Kier alpha value is -2.58. The Kier molecular flexibility index (Phi) is 5.20. The van der Waals surface area contributed by atoms with Gasteiger partial charge in [-0.3, -0.25) is 4.79 Å². The summed E-state index contributed by atoms with van der Waals surface area (Å²) in [5.74, 6) is -0.577. The van der Waals surface area contributed by atoms with Gasteiger partial charge in [0.05, 0.1) is 11.5 Å². The van der Waals surface area contributed by atoms with Crippen LogP contribution in [0.15, 0.2) is 51.0 Å². The summed E-state index contributed by atoms with van der Waals surface area (Å²) in [6.07, 6.45) is 1.02. The average Bonchev–Trinajstić information content (AvgIpc) is 3.15. The predicted octanol–water partition coefficient (Wildman–Crippen LogP) is 1.66. The van der Waals surface area contributed by atoms with Gasteiger partial charge in [-0.25, -0.2) is 0 Å². The maximum absolute atomic E-state index is 11.6. The zero-order chi connectivity index (χ0) is 17.8. The SMILES string of the molecule is O=C([O-])C[C@@H]1S/C(=N\N=C/c2ccc(-c3ccc(Cl)cc3)o2)NC1=O. The Bertz CT molecular complexity index is 861. The number of thioether (sulfide) groups is 1. The maximum atomic E-state index is 11.6. The van der Waals surface area contributed by atoms with Crippen LogP contribution in [0.3, 0.4) is 0 Å². The summed E-state index contributed by atoms with van der Waals surface area (Å²) in [5, 5.41) is 20.8. The van der Waals surface area contributed by atoms with E-state index in [1.54, 1.807) is 24.3 Å². The van der Waals surface area contributed by atoms with Gasteiger partial charge in [0, 0.05) is 23.0 Å². The monoisotopic (exact) mass is 376 g/mol. The molecule has 1 aromatic heterocycles. The molecular formula is C16H11ClN3O4S-. The first kappa shape index (κ1) is 17.2. The molecule has 0 aliphatic carbocycles. The van der Waals surface area contributed by atoms with Gasteiger partial charge in [-0.05, 0) is 36.4 Å². The van der Waals surface area contributed by atoms with Crippen LogP contribution in [0.4, 0.5) is 0 Å². The van der Waals surface area contributed by atoms with Crippen molar-refractivity contribution in [2.24, 2.45) is 10.2 Å². The van der Waals surface area contributed by atoms with Crippen molar-refractivity contribution in [3.63, 3.8) is 0 Å². The molecule has 0 unspecified atom stereocenters. The third-order valence-corrected chi connectivity index (χ3v) is 4.54. The Morgan fingerprint density at radius 3 is 2.80 bits per heavy atom. The smallest absolute Gasteiger partial charge is 0.239 e. The van der Waals surface area contributed by atoms with Gasteiger partial charge < -0.3 is 19.6 Å². The van der Waals surface area contributed by atoms with Gasteiger partial charge in [0.25, 0.3) is 0 Å². The number of carbonyl (C=O) groups excluding carboxylic acids is 2. The van der Waals surface area contributed by atoms with E-state index in [0.29, 0.717) is 16.5 Å². The first-order chi connectivity index (χ1) is 12.0. The second kappa shape index (κ2) is 7.54. The number of aliphatic carboxylic acids is 1. The average molecular weight is 377 g/mol. The van der Waals surface area contributed by atoms with Gasteiger partial charge >= 0.3 is 0 Å². The molecule has 1 amide bonds. The van der Waals surface area contributed by atoms with E-state index in [4.69, 9.17) is 16.0 Å². The largest absolute Gasteiger partial charge is 0.550 e. The number of rotatable bonds is 5. The number of nitrogens with one attached hydrogen (secondary N) is 1. The molecule has 1 fully saturated rings. The van der Waals surface area contributed by atoms with Crippen LogP contribution in [0.5, 0.6) is 0 Å². The van der Waals surface area contributed by atoms with Crippen molar-refractivity contribution < 1.29 is 19.1 Å². The molecule has 7 nitrogen and oxygen atoms in total. The number of furan rings is 1. The molecule has 9 heteroatoms. The number of carboxylic acids is 1. The number of carbonyl (C=O) groups is 2. The van der Waals surface area contributed by atoms with Crippen molar-refractivity contribution in [1.29, 1.82) is 0 Å². The number of nitrogens with zero attached hydrogens (tertiary/aromatic N) is 2. The van der Waals surface area contributed by atoms with Crippen molar-refractivity contribution in [3.05, 3.63) is 47.2 Å². The quantitative estimate of drug-likeness (QED) is 0.630. The van der Waals surface area contributed by atoms with Crippen molar-refractivity contribution in [3.8, 4) is 11.3 Å². The fourth-order valence-electron chi connectivity index (χ4n) is 2.07. The molecular weight excluding hydrogens is 366 g/mol. The van der Waals surface area contributed by atoms with Gasteiger partial charge in [-0.1, -0.05) is 23.4 Å². The third-order valence-electron chi connectivity index (χ3n) is 3.22. The van der Waals surface area contributed by atoms with Gasteiger partial charge in [-0.15, -0.1) is 5.10 Å². The highest BCUT2D eigenvalue weighted by Gasteiger charge is 2.30. The van der Waals surface area contributed by atoms with E-state index in [-0.39, 0.29) is 11.6 Å². The highest BCUT2D eigenvalue weighted by atomic mass is 35.5. The second-order valence-corrected chi connectivity index (χ2v) is 6.66. The molecule has 0 bridgehead atoms. The van der Waals surface area contributed by atoms with E-state index in [1.165, 1.54) is 6.21 Å². The fraction of sp³-hybridized carbons (Fsp3) is 0.125. The normalized spacial score (nSPS) is 18.8. The molecule has 1 aliphatic rings. The number of hydrogen-bond acceptors (Lipinski definition) is 7. The molecule has 128 valence electrons. The molecule has 1 aromatic carbocycles. The summed E-state index contributed by atoms with van der Waals surface area (Å²) in [6.45, 7) is 0. The molecule has 3 rings (SSSR count). The van der Waals surface area contributed by atoms with Gasteiger partial charge in [-0.2, -0.15) is 5.10 Å². The first-order valence-electron chi connectivity index (χ1n) is 7.15. The number of hydrogen-bond donors (Lipinski definition) is 1. The Balaban J connectivity index is 1.64. The van der Waals surface area contributed by atoms with Crippen LogP contribution >= 0.6 is 23.4 Å². The molecule has 2 aromatic rings. The topological polar surface area (TPSA) is 107 Å². The van der Waals surface area contributed by atoms with Gasteiger partial charge in [0.15, 0.2) is 5.17 Å². The maximum Gasteiger partial charge on any atom is 0.239 e. The molecule has 2 heterocycles. The van der Waals surface area contributed by atoms with Crippen LogP contribution in [0.25, 0.3) is 11.3 Å². The number of amidine groups is 1. The molecule has 0 spiro atoms. The lowest BCUT2D eigenvalue weighted by Gasteiger charge is -2.04.